The predicted octanol–water partition coefficient (Wildman–Crippen LogP) is 2.78. The Balaban J connectivity index is 1.53. The number of hydrogen-bond donors (Lipinski definition) is 0. The number of likely N-dealkylation sites (tertiary alicyclic amines) is 1. The first-order valence-corrected chi connectivity index (χ1v) is 8.27. The zero-order chi connectivity index (χ0) is 16.8. The molecule has 2 fully saturated rings. The van der Waals surface area contributed by atoms with Gasteiger partial charge in [-0.2, -0.15) is 0 Å². The van der Waals surface area contributed by atoms with Crippen LogP contribution in [0.1, 0.15) is 28.3 Å². The van der Waals surface area contributed by atoms with Crippen molar-refractivity contribution in [2.24, 2.45) is 5.92 Å². The number of fused-ring (bicyclic) bond motifs is 1. The van der Waals surface area contributed by atoms with Gasteiger partial charge in [0.1, 0.15) is 23.2 Å². The molecule has 4 heterocycles. The fraction of sp³-hybridized carbons (Fsp3) is 0.444. The highest BCUT2D eigenvalue weighted by molar-refractivity contribution is 5.95. The number of anilines is 1. The van der Waals surface area contributed by atoms with Crippen molar-refractivity contribution in [1.29, 1.82) is 0 Å². The maximum Gasteiger partial charge on any atom is 0.257 e. The smallest absolute Gasteiger partial charge is 0.257 e. The number of furan rings is 1. The Kier molecular flexibility index (Phi) is 3.55. The third kappa shape index (κ3) is 2.46. The molecule has 2 saturated heterocycles. The van der Waals surface area contributed by atoms with Gasteiger partial charge in [0.05, 0.1) is 17.8 Å². The van der Waals surface area contributed by atoms with Crippen LogP contribution in [-0.4, -0.2) is 41.5 Å². The minimum atomic E-state index is -0.333. The molecule has 0 bridgehead atoms. The molecule has 2 atom stereocenters. The minimum Gasteiger partial charge on any atom is -0.466 e. The average molecular weight is 329 g/mol. The highest BCUT2D eigenvalue weighted by Crippen LogP contribution is 2.34. The summed E-state index contributed by atoms with van der Waals surface area (Å²) in [7, 11) is 0. The van der Waals surface area contributed by atoms with E-state index in [9.17, 15) is 9.18 Å². The van der Waals surface area contributed by atoms with E-state index in [2.05, 4.69) is 9.88 Å². The summed E-state index contributed by atoms with van der Waals surface area (Å²) in [6.07, 6.45) is 2.23. The standard InChI is InChI=1S/C18H20FN3O2/c1-11-7-15(12(2)24-11)18(23)22-6-5-13-9-21(10-16(13)22)17-4-3-14(19)8-20-17/h3-4,7-8,13,16H,5-6,9-10H2,1-2H3. The normalized spacial score (nSPS) is 23.0. The van der Waals surface area contributed by atoms with Crippen molar-refractivity contribution in [3.8, 4) is 0 Å². The molecule has 0 radical (unpaired) electrons. The SMILES string of the molecule is Cc1cc(C(=O)N2CCC3CN(c4ccc(F)cn4)CC32)c(C)o1. The topological polar surface area (TPSA) is 49.6 Å². The second-order valence-electron chi connectivity index (χ2n) is 6.68. The predicted molar refractivity (Wildman–Crippen MR) is 87.5 cm³/mol. The van der Waals surface area contributed by atoms with Gasteiger partial charge < -0.3 is 14.2 Å². The number of aromatic nitrogens is 1. The third-order valence-corrected chi connectivity index (χ3v) is 5.12. The first-order chi connectivity index (χ1) is 11.5. The fourth-order valence-electron chi connectivity index (χ4n) is 3.95. The van der Waals surface area contributed by atoms with Crippen LogP contribution < -0.4 is 4.90 Å². The number of carbonyl (C=O) groups excluding carboxylic acids is 1. The third-order valence-electron chi connectivity index (χ3n) is 5.12. The lowest BCUT2D eigenvalue weighted by Gasteiger charge is -2.25. The molecule has 2 aromatic rings. The second kappa shape index (κ2) is 5.61. The van der Waals surface area contributed by atoms with Crippen molar-refractivity contribution in [1.82, 2.24) is 9.88 Å². The largest absolute Gasteiger partial charge is 0.466 e. The molecule has 0 aromatic carbocycles. The van der Waals surface area contributed by atoms with Gasteiger partial charge >= 0.3 is 0 Å². The van der Waals surface area contributed by atoms with E-state index in [0.29, 0.717) is 17.2 Å². The van der Waals surface area contributed by atoms with Gasteiger partial charge in [0, 0.05) is 25.6 Å². The van der Waals surface area contributed by atoms with E-state index < -0.39 is 0 Å². The quantitative estimate of drug-likeness (QED) is 0.850. The number of carbonyl (C=O) groups is 1. The van der Waals surface area contributed by atoms with Crippen molar-refractivity contribution in [3.63, 3.8) is 0 Å². The van der Waals surface area contributed by atoms with Crippen molar-refractivity contribution in [3.05, 3.63) is 47.3 Å². The molecule has 2 aromatic heterocycles. The van der Waals surface area contributed by atoms with E-state index in [1.807, 2.05) is 24.8 Å². The molecular formula is C18H20FN3O2. The number of hydrogen-bond acceptors (Lipinski definition) is 4. The monoisotopic (exact) mass is 329 g/mol. The summed E-state index contributed by atoms with van der Waals surface area (Å²) in [6, 6.07) is 5.13. The van der Waals surface area contributed by atoms with Gasteiger partial charge in [-0.05, 0) is 38.5 Å². The van der Waals surface area contributed by atoms with Gasteiger partial charge in [0.15, 0.2) is 0 Å². The first-order valence-electron chi connectivity index (χ1n) is 8.27. The maximum atomic E-state index is 13.1. The van der Waals surface area contributed by atoms with Crippen LogP contribution in [-0.2, 0) is 0 Å². The molecule has 0 N–H and O–H groups in total. The zero-order valence-corrected chi connectivity index (χ0v) is 13.8. The number of halogens is 1. The van der Waals surface area contributed by atoms with Crippen LogP contribution in [0.25, 0.3) is 0 Å². The lowest BCUT2D eigenvalue weighted by molar-refractivity contribution is 0.0736. The van der Waals surface area contributed by atoms with E-state index in [1.54, 1.807) is 6.07 Å². The lowest BCUT2D eigenvalue weighted by atomic mass is 10.0. The van der Waals surface area contributed by atoms with Crippen molar-refractivity contribution in [2.75, 3.05) is 24.5 Å². The number of rotatable bonds is 2. The molecule has 4 rings (SSSR count). The van der Waals surface area contributed by atoms with Gasteiger partial charge in [-0.3, -0.25) is 4.79 Å². The van der Waals surface area contributed by atoms with Crippen LogP contribution in [0.2, 0.25) is 0 Å². The van der Waals surface area contributed by atoms with Gasteiger partial charge in [-0.1, -0.05) is 0 Å². The first kappa shape index (κ1) is 15.2. The summed E-state index contributed by atoms with van der Waals surface area (Å²) in [6.45, 7) is 6.06. The number of pyridine rings is 1. The van der Waals surface area contributed by atoms with E-state index in [4.69, 9.17) is 4.42 Å². The minimum absolute atomic E-state index is 0.0470. The summed E-state index contributed by atoms with van der Waals surface area (Å²) in [5.41, 5.74) is 0.659. The molecule has 2 aliphatic rings. The molecule has 0 aliphatic carbocycles. The summed E-state index contributed by atoms with van der Waals surface area (Å²) < 4.78 is 18.6. The van der Waals surface area contributed by atoms with Crippen molar-refractivity contribution >= 4 is 11.7 Å². The number of aryl methyl sites for hydroxylation is 2. The summed E-state index contributed by atoms with van der Waals surface area (Å²) in [5, 5.41) is 0. The molecule has 24 heavy (non-hydrogen) atoms. The molecule has 0 saturated carbocycles. The van der Waals surface area contributed by atoms with E-state index in [-0.39, 0.29) is 17.8 Å². The van der Waals surface area contributed by atoms with Gasteiger partial charge in [0.25, 0.3) is 5.91 Å². The van der Waals surface area contributed by atoms with Gasteiger partial charge in [-0.25, -0.2) is 9.37 Å². The molecule has 6 heteroatoms. The molecule has 5 nitrogen and oxygen atoms in total. The van der Waals surface area contributed by atoms with E-state index in [0.717, 1.165) is 37.6 Å². The van der Waals surface area contributed by atoms with Crippen LogP contribution in [0.4, 0.5) is 10.2 Å². The van der Waals surface area contributed by atoms with Gasteiger partial charge in [0.2, 0.25) is 0 Å². The highest BCUT2D eigenvalue weighted by Gasteiger charge is 2.44. The molecule has 1 amide bonds. The number of amides is 1. The van der Waals surface area contributed by atoms with Crippen LogP contribution in [0.5, 0.6) is 0 Å². The Morgan fingerprint density at radius 1 is 1.33 bits per heavy atom. The summed E-state index contributed by atoms with van der Waals surface area (Å²) in [5.74, 6) is 2.36. The van der Waals surface area contributed by atoms with Crippen molar-refractivity contribution in [2.45, 2.75) is 26.3 Å². The van der Waals surface area contributed by atoms with Crippen LogP contribution in [0.3, 0.4) is 0 Å². The Morgan fingerprint density at radius 3 is 2.83 bits per heavy atom. The Morgan fingerprint density at radius 2 is 2.17 bits per heavy atom. The van der Waals surface area contributed by atoms with Gasteiger partial charge in [-0.15, -0.1) is 0 Å². The molecule has 2 aliphatic heterocycles. The maximum absolute atomic E-state index is 13.1. The van der Waals surface area contributed by atoms with Crippen LogP contribution in [0.15, 0.2) is 28.8 Å². The summed E-state index contributed by atoms with van der Waals surface area (Å²) >= 11 is 0. The average Bonchev–Trinajstić information content (AvgIpc) is 3.21. The molecule has 2 unspecified atom stereocenters. The van der Waals surface area contributed by atoms with Crippen molar-refractivity contribution < 1.29 is 13.6 Å². The van der Waals surface area contributed by atoms with Crippen LogP contribution in [0, 0.1) is 25.6 Å². The van der Waals surface area contributed by atoms with E-state index in [1.165, 1.54) is 12.3 Å². The molecule has 126 valence electrons. The summed E-state index contributed by atoms with van der Waals surface area (Å²) in [4.78, 5) is 21.2. The highest BCUT2D eigenvalue weighted by atomic mass is 19.1. The molecular weight excluding hydrogens is 309 g/mol. The van der Waals surface area contributed by atoms with Crippen LogP contribution >= 0.6 is 0 Å². The lowest BCUT2D eigenvalue weighted by Crippen LogP contribution is -2.39. The molecule has 0 spiro atoms. The Labute approximate surface area is 140 Å². The van der Waals surface area contributed by atoms with E-state index >= 15 is 0 Å². The zero-order valence-electron chi connectivity index (χ0n) is 13.8. The second-order valence-corrected chi connectivity index (χ2v) is 6.68. The Bertz CT molecular complexity index is 771. The Hall–Kier alpha value is -2.37. The number of nitrogens with zero attached hydrogens (tertiary/aromatic N) is 3. The fourth-order valence-corrected chi connectivity index (χ4v) is 3.95.